The van der Waals surface area contributed by atoms with Crippen molar-refractivity contribution in [3.8, 4) is 22.7 Å². The van der Waals surface area contributed by atoms with E-state index >= 15 is 0 Å². The summed E-state index contributed by atoms with van der Waals surface area (Å²) in [6.45, 7) is 0. The summed E-state index contributed by atoms with van der Waals surface area (Å²) in [5, 5.41) is 11.1. The fourth-order valence-corrected chi connectivity index (χ4v) is 3.13. The Kier molecular flexibility index (Phi) is 5.44. The standard InChI is InChI=1S/C21H16N4O2S/c26-19(14-28-21-25-24-20(27-21)18-8-4-5-13-22-18)23-17-11-9-16(10-12-17)15-6-2-1-3-7-15/h1-13H,14H2,(H,23,26). The second kappa shape index (κ2) is 8.49. The monoisotopic (exact) mass is 388 g/mol. The highest BCUT2D eigenvalue weighted by atomic mass is 32.2. The van der Waals surface area contributed by atoms with Crippen LogP contribution in [-0.4, -0.2) is 26.8 Å². The Morgan fingerprint density at radius 2 is 1.64 bits per heavy atom. The van der Waals surface area contributed by atoms with E-state index in [-0.39, 0.29) is 11.7 Å². The molecule has 138 valence electrons. The van der Waals surface area contributed by atoms with Crippen molar-refractivity contribution in [3.05, 3.63) is 79.0 Å². The van der Waals surface area contributed by atoms with Crippen molar-refractivity contribution in [2.45, 2.75) is 5.22 Å². The molecule has 2 aromatic carbocycles. The van der Waals surface area contributed by atoms with Gasteiger partial charge in [-0.2, -0.15) is 0 Å². The van der Waals surface area contributed by atoms with Gasteiger partial charge in [0.25, 0.3) is 11.1 Å². The minimum absolute atomic E-state index is 0.143. The lowest BCUT2D eigenvalue weighted by molar-refractivity contribution is -0.113. The Morgan fingerprint density at radius 1 is 0.893 bits per heavy atom. The van der Waals surface area contributed by atoms with E-state index in [0.29, 0.717) is 16.8 Å². The van der Waals surface area contributed by atoms with E-state index < -0.39 is 0 Å². The molecule has 0 aliphatic heterocycles. The lowest BCUT2D eigenvalue weighted by Crippen LogP contribution is -2.13. The summed E-state index contributed by atoms with van der Waals surface area (Å²) in [5.41, 5.74) is 3.58. The van der Waals surface area contributed by atoms with Crippen LogP contribution in [0.3, 0.4) is 0 Å². The van der Waals surface area contributed by atoms with Crippen LogP contribution in [0.5, 0.6) is 0 Å². The summed E-state index contributed by atoms with van der Waals surface area (Å²) in [6, 6.07) is 23.3. The summed E-state index contributed by atoms with van der Waals surface area (Å²) >= 11 is 1.18. The summed E-state index contributed by atoms with van der Waals surface area (Å²) < 4.78 is 5.53. The van der Waals surface area contributed by atoms with Crippen LogP contribution >= 0.6 is 11.8 Å². The molecule has 1 amide bonds. The van der Waals surface area contributed by atoms with Crippen molar-refractivity contribution in [2.75, 3.05) is 11.1 Å². The number of anilines is 1. The number of rotatable bonds is 6. The third kappa shape index (κ3) is 4.44. The van der Waals surface area contributed by atoms with Crippen LogP contribution < -0.4 is 5.32 Å². The minimum atomic E-state index is -0.143. The Bertz CT molecular complexity index is 1050. The summed E-state index contributed by atoms with van der Waals surface area (Å²) in [7, 11) is 0. The fourth-order valence-electron chi connectivity index (χ4n) is 2.56. The van der Waals surface area contributed by atoms with Gasteiger partial charge in [-0.3, -0.25) is 9.78 Å². The lowest BCUT2D eigenvalue weighted by Gasteiger charge is -2.06. The van der Waals surface area contributed by atoms with Crippen molar-refractivity contribution in [1.82, 2.24) is 15.2 Å². The first kappa shape index (κ1) is 17.9. The maximum atomic E-state index is 12.2. The molecule has 0 saturated carbocycles. The molecule has 4 aromatic rings. The summed E-state index contributed by atoms with van der Waals surface area (Å²) in [4.78, 5) is 16.3. The van der Waals surface area contributed by atoms with Gasteiger partial charge in [-0.25, -0.2) is 0 Å². The van der Waals surface area contributed by atoms with E-state index in [9.17, 15) is 4.79 Å². The molecule has 4 rings (SSSR count). The third-order valence-corrected chi connectivity index (χ3v) is 4.71. The molecule has 0 aliphatic carbocycles. The van der Waals surface area contributed by atoms with Gasteiger partial charge in [-0.05, 0) is 35.4 Å². The first-order valence-corrected chi connectivity index (χ1v) is 9.59. The molecule has 0 fully saturated rings. The average Bonchev–Trinajstić information content (AvgIpc) is 3.23. The van der Waals surface area contributed by atoms with Crippen molar-refractivity contribution < 1.29 is 9.21 Å². The summed E-state index contributed by atoms with van der Waals surface area (Å²) in [6.07, 6.45) is 1.66. The van der Waals surface area contributed by atoms with Crippen LogP contribution in [0.1, 0.15) is 0 Å². The van der Waals surface area contributed by atoms with Gasteiger partial charge in [0.2, 0.25) is 5.91 Å². The number of benzene rings is 2. The molecule has 0 unspecified atom stereocenters. The number of pyridine rings is 1. The van der Waals surface area contributed by atoms with Gasteiger partial charge in [0.05, 0.1) is 5.75 Å². The SMILES string of the molecule is O=C(CSc1nnc(-c2ccccn2)o1)Nc1ccc(-c2ccccc2)cc1. The normalized spacial score (nSPS) is 10.6. The average molecular weight is 388 g/mol. The van der Waals surface area contributed by atoms with Gasteiger partial charge in [-0.1, -0.05) is 60.3 Å². The molecular formula is C21H16N4O2S. The highest BCUT2D eigenvalue weighted by Crippen LogP contribution is 2.23. The molecule has 2 aromatic heterocycles. The zero-order valence-electron chi connectivity index (χ0n) is 14.8. The minimum Gasteiger partial charge on any atom is -0.410 e. The number of carbonyl (C=O) groups excluding carboxylic acids is 1. The van der Waals surface area contributed by atoms with Crippen LogP contribution in [0.25, 0.3) is 22.7 Å². The molecule has 2 heterocycles. The first-order valence-electron chi connectivity index (χ1n) is 8.61. The Labute approximate surface area is 166 Å². The number of hydrogen-bond donors (Lipinski definition) is 1. The number of nitrogens with zero attached hydrogens (tertiary/aromatic N) is 3. The van der Waals surface area contributed by atoms with E-state index in [1.807, 2.05) is 66.7 Å². The molecule has 6 nitrogen and oxygen atoms in total. The number of amides is 1. The molecule has 7 heteroatoms. The van der Waals surface area contributed by atoms with Gasteiger partial charge < -0.3 is 9.73 Å². The van der Waals surface area contributed by atoms with Gasteiger partial charge in [0.1, 0.15) is 5.69 Å². The molecule has 0 spiro atoms. The molecule has 1 N–H and O–H groups in total. The maximum Gasteiger partial charge on any atom is 0.277 e. The molecule has 0 aliphatic rings. The van der Waals surface area contributed by atoms with Crippen molar-refractivity contribution in [2.24, 2.45) is 0 Å². The second-order valence-electron chi connectivity index (χ2n) is 5.87. The highest BCUT2D eigenvalue weighted by molar-refractivity contribution is 7.99. The number of hydrogen-bond acceptors (Lipinski definition) is 6. The topological polar surface area (TPSA) is 80.9 Å². The lowest BCUT2D eigenvalue weighted by atomic mass is 10.1. The summed E-state index contributed by atoms with van der Waals surface area (Å²) in [5.74, 6) is 0.361. The quantitative estimate of drug-likeness (QED) is 0.489. The Balaban J connectivity index is 1.32. The van der Waals surface area contributed by atoms with E-state index in [2.05, 4.69) is 20.5 Å². The fraction of sp³-hybridized carbons (Fsp3) is 0.0476. The first-order chi connectivity index (χ1) is 13.8. The van der Waals surface area contributed by atoms with Crippen molar-refractivity contribution in [3.63, 3.8) is 0 Å². The smallest absolute Gasteiger partial charge is 0.277 e. The van der Waals surface area contributed by atoms with E-state index in [1.54, 1.807) is 12.3 Å². The van der Waals surface area contributed by atoms with Crippen molar-refractivity contribution >= 4 is 23.4 Å². The van der Waals surface area contributed by atoms with Gasteiger partial charge >= 0.3 is 0 Å². The van der Waals surface area contributed by atoms with Crippen LogP contribution in [0.4, 0.5) is 5.69 Å². The molecule has 0 bridgehead atoms. The Hall–Kier alpha value is -3.45. The largest absolute Gasteiger partial charge is 0.410 e. The Morgan fingerprint density at radius 3 is 2.39 bits per heavy atom. The molecule has 0 radical (unpaired) electrons. The van der Waals surface area contributed by atoms with E-state index in [1.165, 1.54) is 11.8 Å². The van der Waals surface area contributed by atoms with Crippen LogP contribution in [-0.2, 0) is 4.79 Å². The number of carbonyl (C=O) groups is 1. The molecular weight excluding hydrogens is 372 g/mol. The third-order valence-electron chi connectivity index (χ3n) is 3.89. The number of nitrogens with one attached hydrogen (secondary N) is 1. The van der Waals surface area contributed by atoms with Crippen molar-refractivity contribution in [1.29, 1.82) is 0 Å². The van der Waals surface area contributed by atoms with E-state index in [0.717, 1.165) is 16.8 Å². The molecule has 28 heavy (non-hydrogen) atoms. The number of aromatic nitrogens is 3. The number of thioether (sulfide) groups is 1. The van der Waals surface area contributed by atoms with Gasteiger partial charge in [0.15, 0.2) is 0 Å². The second-order valence-corrected chi connectivity index (χ2v) is 6.79. The van der Waals surface area contributed by atoms with Gasteiger partial charge in [-0.15, -0.1) is 10.2 Å². The highest BCUT2D eigenvalue weighted by Gasteiger charge is 2.12. The van der Waals surface area contributed by atoms with Gasteiger partial charge in [0, 0.05) is 11.9 Å². The maximum absolute atomic E-state index is 12.2. The molecule has 0 saturated heterocycles. The van der Waals surface area contributed by atoms with E-state index in [4.69, 9.17) is 4.42 Å². The van der Waals surface area contributed by atoms with Crippen LogP contribution in [0.15, 0.2) is 88.6 Å². The predicted molar refractivity (Wildman–Crippen MR) is 109 cm³/mol. The van der Waals surface area contributed by atoms with Crippen LogP contribution in [0.2, 0.25) is 0 Å². The zero-order chi connectivity index (χ0) is 19.2. The predicted octanol–water partition coefficient (Wildman–Crippen LogP) is 4.53. The zero-order valence-corrected chi connectivity index (χ0v) is 15.6. The van der Waals surface area contributed by atoms with Crippen LogP contribution in [0, 0.1) is 0 Å². The molecule has 0 atom stereocenters.